The van der Waals surface area contributed by atoms with Crippen LogP contribution in [0.15, 0.2) is 29.2 Å². The lowest BCUT2D eigenvalue weighted by Gasteiger charge is -2.35. The average Bonchev–Trinajstić information content (AvgIpc) is 2.31. The smallest absolute Gasteiger partial charge is 0.322 e. The molecule has 2 rings (SSSR count). The number of nitrogens with zero attached hydrogens (tertiary/aromatic N) is 1. The van der Waals surface area contributed by atoms with Crippen LogP contribution >= 0.6 is 12.6 Å². The number of para-hydroxylation sites is 1. The van der Waals surface area contributed by atoms with Crippen molar-refractivity contribution in [2.45, 2.75) is 31.0 Å². The number of hydrogen-bond acceptors (Lipinski definition) is 3. The summed E-state index contributed by atoms with van der Waals surface area (Å²) in [6.45, 7) is 5.18. The van der Waals surface area contributed by atoms with Crippen LogP contribution in [0.25, 0.3) is 0 Å². The van der Waals surface area contributed by atoms with Gasteiger partial charge in [0.1, 0.15) is 0 Å². The van der Waals surface area contributed by atoms with Crippen molar-refractivity contribution in [3.8, 4) is 0 Å². The van der Waals surface area contributed by atoms with Gasteiger partial charge in [-0.15, -0.1) is 12.6 Å². The third-order valence-corrected chi connectivity index (χ3v) is 3.24. The lowest BCUT2D eigenvalue weighted by atomic mass is 10.2. The molecule has 5 heteroatoms. The van der Waals surface area contributed by atoms with Crippen LogP contribution in [0.2, 0.25) is 0 Å². The number of ether oxygens (including phenoxy) is 1. The Bertz CT molecular complexity index is 429. The summed E-state index contributed by atoms with van der Waals surface area (Å²) in [5.74, 6) is 0. The topological polar surface area (TPSA) is 41.6 Å². The number of benzene rings is 1. The van der Waals surface area contributed by atoms with Crippen molar-refractivity contribution >= 4 is 24.3 Å². The minimum Gasteiger partial charge on any atom is -0.372 e. The molecule has 1 aromatic rings. The van der Waals surface area contributed by atoms with E-state index < -0.39 is 0 Å². The van der Waals surface area contributed by atoms with Crippen LogP contribution < -0.4 is 5.32 Å². The minimum absolute atomic E-state index is 0.0748. The molecule has 1 aliphatic heterocycles. The summed E-state index contributed by atoms with van der Waals surface area (Å²) in [6.07, 6.45) is 0.150. The van der Waals surface area contributed by atoms with E-state index in [0.717, 1.165) is 10.6 Å². The highest BCUT2D eigenvalue weighted by Gasteiger charge is 2.25. The zero-order valence-electron chi connectivity index (χ0n) is 10.6. The van der Waals surface area contributed by atoms with Gasteiger partial charge in [-0.1, -0.05) is 12.1 Å². The molecule has 0 aliphatic carbocycles. The summed E-state index contributed by atoms with van der Waals surface area (Å²) >= 11 is 4.31. The molecule has 1 saturated heterocycles. The van der Waals surface area contributed by atoms with Crippen LogP contribution in [0.1, 0.15) is 13.8 Å². The Labute approximate surface area is 113 Å². The average molecular weight is 266 g/mol. The Morgan fingerprint density at radius 2 is 1.94 bits per heavy atom. The molecule has 1 fully saturated rings. The van der Waals surface area contributed by atoms with E-state index in [-0.39, 0.29) is 18.2 Å². The number of thiol groups is 1. The Morgan fingerprint density at radius 3 is 2.56 bits per heavy atom. The van der Waals surface area contributed by atoms with Gasteiger partial charge in [-0.05, 0) is 26.0 Å². The second-order valence-electron chi connectivity index (χ2n) is 4.61. The number of nitrogens with one attached hydrogen (secondary N) is 1. The van der Waals surface area contributed by atoms with Crippen LogP contribution in [0.4, 0.5) is 10.5 Å². The van der Waals surface area contributed by atoms with Crippen LogP contribution in [0.5, 0.6) is 0 Å². The molecule has 2 atom stereocenters. The van der Waals surface area contributed by atoms with Crippen LogP contribution in [0.3, 0.4) is 0 Å². The van der Waals surface area contributed by atoms with Gasteiger partial charge in [0.05, 0.1) is 17.9 Å². The second kappa shape index (κ2) is 5.63. The van der Waals surface area contributed by atoms with Gasteiger partial charge in [0.25, 0.3) is 0 Å². The molecular formula is C13H18N2O2S. The Hall–Kier alpha value is -1.20. The summed E-state index contributed by atoms with van der Waals surface area (Å²) in [6, 6.07) is 7.35. The zero-order chi connectivity index (χ0) is 13.1. The van der Waals surface area contributed by atoms with Crippen LogP contribution in [0, 0.1) is 0 Å². The monoisotopic (exact) mass is 266 g/mol. The van der Waals surface area contributed by atoms with E-state index in [1.807, 2.05) is 38.1 Å². The van der Waals surface area contributed by atoms with Gasteiger partial charge in [0.2, 0.25) is 0 Å². The predicted octanol–water partition coefficient (Wildman–Crippen LogP) is 2.62. The molecule has 0 radical (unpaired) electrons. The first-order valence-corrected chi connectivity index (χ1v) is 6.50. The maximum Gasteiger partial charge on any atom is 0.322 e. The van der Waals surface area contributed by atoms with Gasteiger partial charge >= 0.3 is 6.03 Å². The molecule has 98 valence electrons. The standard InChI is InChI=1S/C13H18N2O2S/c1-9-7-15(8-10(2)17-9)13(16)14-11-5-3-4-6-12(11)18/h3-6,9-10,18H,7-8H2,1-2H3,(H,14,16). The number of hydrogen-bond donors (Lipinski definition) is 2. The van der Waals surface area contributed by atoms with Crippen molar-refractivity contribution in [2.75, 3.05) is 18.4 Å². The van der Waals surface area contributed by atoms with E-state index in [1.165, 1.54) is 0 Å². The molecule has 0 bridgehead atoms. The number of carbonyl (C=O) groups excluding carboxylic acids is 1. The minimum atomic E-state index is -0.0986. The molecule has 4 nitrogen and oxygen atoms in total. The fourth-order valence-corrected chi connectivity index (χ4v) is 2.33. The molecule has 0 saturated carbocycles. The van der Waals surface area contributed by atoms with Crippen molar-refractivity contribution in [3.63, 3.8) is 0 Å². The summed E-state index contributed by atoms with van der Waals surface area (Å²) < 4.78 is 5.60. The molecule has 2 amide bonds. The third kappa shape index (κ3) is 3.17. The normalized spacial score (nSPS) is 23.8. The highest BCUT2D eigenvalue weighted by molar-refractivity contribution is 7.80. The van der Waals surface area contributed by atoms with Crippen LogP contribution in [-0.2, 0) is 4.74 Å². The SMILES string of the molecule is CC1CN(C(=O)Nc2ccccc2S)CC(C)O1. The molecule has 2 unspecified atom stereocenters. The maximum absolute atomic E-state index is 12.1. The van der Waals surface area contributed by atoms with Crippen molar-refractivity contribution < 1.29 is 9.53 Å². The molecular weight excluding hydrogens is 248 g/mol. The maximum atomic E-state index is 12.1. The molecule has 1 aliphatic rings. The number of urea groups is 1. The summed E-state index contributed by atoms with van der Waals surface area (Å²) in [4.78, 5) is 14.7. The summed E-state index contributed by atoms with van der Waals surface area (Å²) in [5.41, 5.74) is 0.734. The van der Waals surface area contributed by atoms with E-state index in [9.17, 15) is 4.79 Å². The van der Waals surface area contributed by atoms with Crippen molar-refractivity contribution in [3.05, 3.63) is 24.3 Å². The first-order valence-electron chi connectivity index (χ1n) is 6.05. The number of carbonyl (C=O) groups is 1. The number of morpholine rings is 1. The van der Waals surface area contributed by atoms with Gasteiger partial charge in [0, 0.05) is 18.0 Å². The molecule has 1 N–H and O–H groups in total. The highest BCUT2D eigenvalue weighted by atomic mass is 32.1. The van der Waals surface area contributed by atoms with Gasteiger partial charge in [-0.25, -0.2) is 4.79 Å². The molecule has 0 aromatic heterocycles. The van der Waals surface area contributed by atoms with Crippen molar-refractivity contribution in [2.24, 2.45) is 0 Å². The predicted molar refractivity (Wildman–Crippen MR) is 74.3 cm³/mol. The lowest BCUT2D eigenvalue weighted by molar-refractivity contribution is -0.0530. The Balaban J connectivity index is 2.02. The van der Waals surface area contributed by atoms with Crippen LogP contribution in [-0.4, -0.2) is 36.2 Å². The molecule has 18 heavy (non-hydrogen) atoms. The van der Waals surface area contributed by atoms with Crippen molar-refractivity contribution in [1.29, 1.82) is 0 Å². The van der Waals surface area contributed by atoms with Gasteiger partial charge in [-0.3, -0.25) is 0 Å². The van der Waals surface area contributed by atoms with Crippen molar-refractivity contribution in [1.82, 2.24) is 4.90 Å². The quantitative estimate of drug-likeness (QED) is 0.767. The Morgan fingerprint density at radius 1 is 1.33 bits per heavy atom. The lowest BCUT2D eigenvalue weighted by Crippen LogP contribution is -2.49. The second-order valence-corrected chi connectivity index (χ2v) is 5.09. The van der Waals surface area contributed by atoms with E-state index in [1.54, 1.807) is 4.90 Å². The van der Waals surface area contributed by atoms with Gasteiger partial charge < -0.3 is 15.0 Å². The van der Waals surface area contributed by atoms with E-state index in [4.69, 9.17) is 4.74 Å². The highest BCUT2D eigenvalue weighted by Crippen LogP contribution is 2.20. The molecule has 1 aromatic carbocycles. The van der Waals surface area contributed by atoms with Gasteiger partial charge in [-0.2, -0.15) is 0 Å². The van der Waals surface area contributed by atoms with Gasteiger partial charge in [0.15, 0.2) is 0 Å². The summed E-state index contributed by atoms with van der Waals surface area (Å²) in [7, 11) is 0. The first kappa shape index (κ1) is 13.2. The number of rotatable bonds is 1. The van der Waals surface area contributed by atoms with E-state index in [0.29, 0.717) is 13.1 Å². The first-order chi connectivity index (χ1) is 8.56. The fraction of sp³-hybridized carbons (Fsp3) is 0.462. The number of amides is 2. The Kier molecular flexibility index (Phi) is 4.14. The fourth-order valence-electron chi connectivity index (χ4n) is 2.12. The summed E-state index contributed by atoms with van der Waals surface area (Å²) in [5, 5.41) is 2.88. The largest absolute Gasteiger partial charge is 0.372 e. The molecule has 1 heterocycles. The number of anilines is 1. The van der Waals surface area contributed by atoms with E-state index >= 15 is 0 Å². The molecule has 0 spiro atoms. The zero-order valence-corrected chi connectivity index (χ0v) is 11.5. The third-order valence-electron chi connectivity index (χ3n) is 2.85. The van der Waals surface area contributed by atoms with E-state index in [2.05, 4.69) is 17.9 Å².